The third kappa shape index (κ3) is 3.31. The van der Waals surface area contributed by atoms with E-state index in [2.05, 4.69) is 37.1 Å². The van der Waals surface area contributed by atoms with Crippen molar-refractivity contribution in [2.75, 3.05) is 39.3 Å². The van der Waals surface area contributed by atoms with E-state index in [1.807, 2.05) is 12.1 Å². The van der Waals surface area contributed by atoms with Crippen LogP contribution in [-0.4, -0.2) is 55.1 Å². The van der Waals surface area contributed by atoms with Crippen LogP contribution in [0.2, 0.25) is 5.02 Å². The van der Waals surface area contributed by atoms with Crippen LogP contribution in [0.4, 0.5) is 0 Å². The van der Waals surface area contributed by atoms with Crippen LogP contribution in [-0.2, 0) is 6.54 Å². The molecule has 19 heavy (non-hydrogen) atoms. The van der Waals surface area contributed by atoms with Crippen LogP contribution >= 0.6 is 27.5 Å². The van der Waals surface area contributed by atoms with Crippen molar-refractivity contribution < 1.29 is 0 Å². The molecule has 0 radical (unpaired) electrons. The Morgan fingerprint density at radius 2 is 1.95 bits per heavy atom. The number of nitrogens with one attached hydrogen (secondary N) is 1. The Balaban J connectivity index is 1.55. The zero-order chi connectivity index (χ0) is 13.2. The van der Waals surface area contributed by atoms with E-state index in [4.69, 9.17) is 11.6 Å². The molecule has 2 aliphatic rings. The van der Waals surface area contributed by atoms with Crippen LogP contribution in [0.15, 0.2) is 22.7 Å². The lowest BCUT2D eigenvalue weighted by Crippen LogP contribution is -2.61. The van der Waals surface area contributed by atoms with Gasteiger partial charge in [-0.25, -0.2) is 0 Å². The summed E-state index contributed by atoms with van der Waals surface area (Å²) in [4.78, 5) is 5.10. The molecular weight excluding hydrogens is 326 g/mol. The van der Waals surface area contributed by atoms with Crippen LogP contribution < -0.4 is 5.32 Å². The Bertz CT molecular complexity index is 442. The van der Waals surface area contributed by atoms with Gasteiger partial charge in [0.1, 0.15) is 0 Å². The van der Waals surface area contributed by atoms with Gasteiger partial charge in [0, 0.05) is 61.4 Å². The van der Waals surface area contributed by atoms with Crippen LogP contribution in [0, 0.1) is 0 Å². The second kappa shape index (κ2) is 6.10. The third-order valence-electron chi connectivity index (χ3n) is 4.08. The Kier molecular flexibility index (Phi) is 4.44. The fourth-order valence-corrected chi connectivity index (χ4v) is 3.31. The van der Waals surface area contributed by atoms with Crippen molar-refractivity contribution in [2.24, 2.45) is 0 Å². The molecule has 2 saturated heterocycles. The first-order chi connectivity index (χ1) is 9.22. The second-order valence-corrected chi connectivity index (χ2v) is 6.68. The summed E-state index contributed by atoms with van der Waals surface area (Å²) in [6, 6.07) is 6.87. The monoisotopic (exact) mass is 343 g/mol. The van der Waals surface area contributed by atoms with E-state index in [9.17, 15) is 0 Å². The maximum atomic E-state index is 6.26. The van der Waals surface area contributed by atoms with Crippen LogP contribution in [0.5, 0.6) is 0 Å². The van der Waals surface area contributed by atoms with Gasteiger partial charge in [0.25, 0.3) is 0 Å². The molecular formula is C14H19BrClN3. The van der Waals surface area contributed by atoms with Gasteiger partial charge in [-0.2, -0.15) is 0 Å². The smallest absolute Gasteiger partial charge is 0.0451 e. The van der Waals surface area contributed by atoms with E-state index in [-0.39, 0.29) is 0 Å². The molecule has 2 fully saturated rings. The van der Waals surface area contributed by atoms with Crippen LogP contribution in [0.25, 0.3) is 0 Å². The maximum Gasteiger partial charge on any atom is 0.0451 e. The lowest BCUT2D eigenvalue weighted by molar-refractivity contribution is 0.0696. The lowest BCUT2D eigenvalue weighted by atomic mass is 10.1. The van der Waals surface area contributed by atoms with Crippen LogP contribution in [0.3, 0.4) is 0 Å². The third-order valence-corrected chi connectivity index (χ3v) is 4.95. The van der Waals surface area contributed by atoms with Gasteiger partial charge in [-0.15, -0.1) is 0 Å². The molecule has 5 heteroatoms. The lowest BCUT2D eigenvalue weighted by Gasteiger charge is -2.43. The topological polar surface area (TPSA) is 18.5 Å². The normalized spacial score (nSPS) is 22.4. The van der Waals surface area contributed by atoms with Crippen molar-refractivity contribution in [2.45, 2.75) is 12.6 Å². The van der Waals surface area contributed by atoms with Gasteiger partial charge in [-0.1, -0.05) is 27.5 Å². The summed E-state index contributed by atoms with van der Waals surface area (Å²) >= 11 is 9.77. The summed E-state index contributed by atoms with van der Waals surface area (Å²) in [5.74, 6) is 0. The van der Waals surface area contributed by atoms with Gasteiger partial charge in [0.05, 0.1) is 0 Å². The summed E-state index contributed by atoms with van der Waals surface area (Å²) in [6.45, 7) is 7.92. The zero-order valence-corrected chi connectivity index (χ0v) is 13.3. The first-order valence-electron chi connectivity index (χ1n) is 6.83. The van der Waals surface area contributed by atoms with Gasteiger partial charge < -0.3 is 5.32 Å². The van der Waals surface area contributed by atoms with Gasteiger partial charge in [0.15, 0.2) is 0 Å². The fraction of sp³-hybridized carbons (Fsp3) is 0.571. The molecule has 0 unspecified atom stereocenters. The molecule has 0 saturated carbocycles. The quantitative estimate of drug-likeness (QED) is 0.907. The van der Waals surface area contributed by atoms with Crippen molar-refractivity contribution in [3.05, 3.63) is 33.3 Å². The van der Waals surface area contributed by atoms with Crippen molar-refractivity contribution in [1.29, 1.82) is 0 Å². The minimum absolute atomic E-state index is 0.775. The van der Waals surface area contributed by atoms with Crippen molar-refractivity contribution >= 4 is 27.5 Å². The van der Waals surface area contributed by atoms with Crippen molar-refractivity contribution in [3.63, 3.8) is 0 Å². The number of nitrogens with zero attached hydrogens (tertiary/aromatic N) is 2. The number of benzene rings is 1. The molecule has 104 valence electrons. The summed E-state index contributed by atoms with van der Waals surface area (Å²) in [7, 11) is 0. The average molecular weight is 345 g/mol. The first-order valence-corrected chi connectivity index (χ1v) is 8.00. The summed E-state index contributed by atoms with van der Waals surface area (Å²) in [5, 5.41) is 4.21. The molecule has 2 heterocycles. The molecule has 0 spiro atoms. The van der Waals surface area contributed by atoms with E-state index in [0.29, 0.717) is 0 Å². The molecule has 0 atom stereocenters. The molecule has 1 aromatic carbocycles. The average Bonchev–Trinajstić information content (AvgIpc) is 2.34. The summed E-state index contributed by atoms with van der Waals surface area (Å²) in [5.41, 5.74) is 1.22. The minimum Gasteiger partial charge on any atom is -0.314 e. The number of hydrogen-bond acceptors (Lipinski definition) is 3. The molecule has 1 aromatic rings. The Morgan fingerprint density at radius 1 is 1.21 bits per heavy atom. The highest BCUT2D eigenvalue weighted by Gasteiger charge is 2.27. The highest BCUT2D eigenvalue weighted by molar-refractivity contribution is 9.10. The van der Waals surface area contributed by atoms with E-state index >= 15 is 0 Å². The number of hydrogen-bond donors (Lipinski definition) is 1. The Labute approximate surface area is 128 Å². The van der Waals surface area contributed by atoms with Gasteiger partial charge in [0.2, 0.25) is 0 Å². The minimum atomic E-state index is 0.775. The Morgan fingerprint density at radius 3 is 2.58 bits per heavy atom. The molecule has 0 amide bonds. The van der Waals surface area contributed by atoms with Crippen molar-refractivity contribution in [3.8, 4) is 0 Å². The van der Waals surface area contributed by atoms with E-state index in [1.165, 1.54) is 18.7 Å². The number of rotatable bonds is 3. The van der Waals surface area contributed by atoms with Gasteiger partial charge in [-0.3, -0.25) is 9.80 Å². The standard InChI is InChI=1S/C14H19BrClN3/c15-12-1-2-14(16)11(7-12)10-18-3-5-19(6-4-18)13-8-17-9-13/h1-2,7,13,17H,3-6,8-10H2. The summed E-state index contributed by atoms with van der Waals surface area (Å²) < 4.78 is 1.10. The highest BCUT2D eigenvalue weighted by atomic mass is 79.9. The highest BCUT2D eigenvalue weighted by Crippen LogP contribution is 2.23. The maximum absolute atomic E-state index is 6.26. The second-order valence-electron chi connectivity index (χ2n) is 5.36. The molecule has 3 rings (SSSR count). The largest absolute Gasteiger partial charge is 0.314 e. The predicted molar refractivity (Wildman–Crippen MR) is 82.7 cm³/mol. The van der Waals surface area contributed by atoms with E-state index in [0.717, 1.165) is 48.3 Å². The Hall–Kier alpha value is -0.130. The van der Waals surface area contributed by atoms with Gasteiger partial charge >= 0.3 is 0 Å². The van der Waals surface area contributed by atoms with E-state index < -0.39 is 0 Å². The van der Waals surface area contributed by atoms with Crippen molar-refractivity contribution in [1.82, 2.24) is 15.1 Å². The molecule has 3 nitrogen and oxygen atoms in total. The molecule has 0 aliphatic carbocycles. The van der Waals surface area contributed by atoms with Crippen LogP contribution in [0.1, 0.15) is 5.56 Å². The zero-order valence-electron chi connectivity index (χ0n) is 10.9. The number of halogens is 2. The van der Waals surface area contributed by atoms with Gasteiger partial charge in [-0.05, 0) is 23.8 Å². The van der Waals surface area contributed by atoms with E-state index in [1.54, 1.807) is 0 Å². The SMILES string of the molecule is Clc1ccc(Br)cc1CN1CCN(C2CNC2)CC1. The molecule has 1 N–H and O–H groups in total. The molecule has 0 bridgehead atoms. The molecule has 2 aliphatic heterocycles. The first kappa shape index (κ1) is 13.8. The fourth-order valence-electron chi connectivity index (χ4n) is 2.72. The molecule has 0 aromatic heterocycles. The predicted octanol–water partition coefficient (Wildman–Crippen LogP) is 2.19. The number of piperazine rings is 1. The summed E-state index contributed by atoms with van der Waals surface area (Å²) in [6.07, 6.45) is 0.